The fourth-order valence-electron chi connectivity index (χ4n) is 8.84. The first-order valence-electron chi connectivity index (χ1n) is 18.4. The number of fused-ring (bicyclic) bond motifs is 7. The zero-order valence-electron chi connectivity index (χ0n) is 30.0. The average Bonchev–Trinajstić information content (AvgIpc) is 3.78. The Balaban J connectivity index is 1.05. The van der Waals surface area contributed by atoms with E-state index < -0.39 is 0 Å². The molecule has 7 aromatic carbocycles. The Morgan fingerprint density at radius 3 is 1.94 bits per heavy atom. The minimum Gasteiger partial charge on any atom is -0.456 e. The van der Waals surface area contributed by atoms with Crippen molar-refractivity contribution in [2.75, 3.05) is 4.90 Å². The fourth-order valence-corrected chi connectivity index (χ4v) is 8.84. The van der Waals surface area contributed by atoms with Gasteiger partial charge in [0.05, 0.1) is 17.1 Å². The van der Waals surface area contributed by atoms with E-state index in [2.05, 4.69) is 189 Å². The summed E-state index contributed by atoms with van der Waals surface area (Å²) in [6.07, 6.45) is 0. The van der Waals surface area contributed by atoms with Gasteiger partial charge in [0, 0.05) is 50.1 Å². The van der Waals surface area contributed by atoms with Gasteiger partial charge in [0.1, 0.15) is 11.2 Å². The molecule has 0 N–H and O–H groups in total. The van der Waals surface area contributed by atoms with Gasteiger partial charge in [0.25, 0.3) is 0 Å². The topological polar surface area (TPSA) is 21.3 Å². The van der Waals surface area contributed by atoms with Crippen LogP contribution < -0.4 is 4.90 Å². The van der Waals surface area contributed by atoms with Crippen LogP contribution in [-0.4, -0.2) is 4.57 Å². The Kier molecular flexibility index (Phi) is 6.79. The first-order chi connectivity index (χ1) is 25.4. The van der Waals surface area contributed by atoms with Crippen LogP contribution in [0, 0.1) is 0 Å². The number of hydrogen-bond donors (Lipinski definition) is 0. The molecule has 3 nitrogen and oxygen atoms in total. The number of benzene rings is 7. The maximum atomic E-state index is 6.38. The van der Waals surface area contributed by atoms with E-state index in [-0.39, 0.29) is 11.5 Å². The highest BCUT2D eigenvalue weighted by molar-refractivity contribution is 6.17. The number of para-hydroxylation sites is 2. The van der Waals surface area contributed by atoms with Crippen molar-refractivity contribution in [3.05, 3.63) is 174 Å². The predicted molar refractivity (Wildman–Crippen MR) is 218 cm³/mol. The third-order valence-corrected chi connectivity index (χ3v) is 11.5. The van der Waals surface area contributed by atoms with Crippen LogP contribution in [0.15, 0.2) is 162 Å². The zero-order valence-corrected chi connectivity index (χ0v) is 30.0. The summed E-state index contributed by atoms with van der Waals surface area (Å²) in [5.41, 5.74) is 14.2. The van der Waals surface area contributed by atoms with E-state index >= 15 is 0 Å². The summed E-state index contributed by atoms with van der Waals surface area (Å²) in [6, 6.07) is 58.0. The maximum Gasteiger partial charge on any atom is 0.137 e. The normalized spacial score (nSPS) is 15.4. The minimum absolute atomic E-state index is 0.0498. The monoisotopic (exact) mass is 672 g/mol. The van der Waals surface area contributed by atoms with Crippen molar-refractivity contribution >= 4 is 55.1 Å². The molecule has 1 aliphatic rings. The van der Waals surface area contributed by atoms with Gasteiger partial charge in [0.2, 0.25) is 0 Å². The zero-order chi connectivity index (χ0) is 35.1. The highest BCUT2D eigenvalue weighted by atomic mass is 16.3. The first kappa shape index (κ1) is 30.7. The summed E-state index contributed by atoms with van der Waals surface area (Å²) >= 11 is 0. The van der Waals surface area contributed by atoms with Gasteiger partial charge in [-0.1, -0.05) is 125 Å². The van der Waals surface area contributed by atoms with E-state index in [0.717, 1.165) is 33.1 Å². The molecule has 10 rings (SSSR count). The van der Waals surface area contributed by atoms with Crippen molar-refractivity contribution in [1.82, 2.24) is 4.57 Å². The Hall–Kier alpha value is -6.06. The summed E-state index contributed by atoms with van der Waals surface area (Å²) in [7, 11) is 0. The number of rotatable bonds is 5. The molecule has 0 spiro atoms. The van der Waals surface area contributed by atoms with Gasteiger partial charge in [-0.2, -0.15) is 0 Å². The summed E-state index contributed by atoms with van der Waals surface area (Å²) in [5.74, 6) is 0.447. The van der Waals surface area contributed by atoms with Gasteiger partial charge in [-0.3, -0.25) is 0 Å². The Labute approximate surface area is 304 Å². The van der Waals surface area contributed by atoms with Gasteiger partial charge < -0.3 is 13.9 Å². The number of hydrogen-bond acceptors (Lipinski definition) is 2. The third-order valence-electron chi connectivity index (χ3n) is 11.5. The molecule has 252 valence electrons. The second-order valence-corrected chi connectivity index (χ2v) is 15.2. The summed E-state index contributed by atoms with van der Waals surface area (Å²) < 4.78 is 8.77. The van der Waals surface area contributed by atoms with E-state index in [9.17, 15) is 0 Å². The molecule has 0 saturated carbocycles. The van der Waals surface area contributed by atoms with Crippen molar-refractivity contribution in [2.24, 2.45) is 0 Å². The lowest BCUT2D eigenvalue weighted by Crippen LogP contribution is -2.30. The third kappa shape index (κ3) is 4.58. The molecular formula is C49H40N2O. The molecule has 0 aliphatic carbocycles. The van der Waals surface area contributed by atoms with Crippen molar-refractivity contribution < 1.29 is 4.42 Å². The van der Waals surface area contributed by atoms with Crippen molar-refractivity contribution in [1.29, 1.82) is 0 Å². The number of nitrogens with zero attached hydrogens (tertiary/aromatic N) is 2. The summed E-state index contributed by atoms with van der Waals surface area (Å²) in [6.45, 7) is 9.28. The molecule has 0 bridgehead atoms. The standard InChI is InChI=1S/C49H40N2O/c1-31(2)35-22-27-43-39(28-35)40-29-41-38-14-8-11-17-46(38)52-47(41)30-45(40)50(43)36-23-18-32(19-24-36)33-20-25-37(26-21-33)51-44-16-10-9-15-42(44)49(3,4)48(51)34-12-6-5-7-13-34/h5-31,48H,1-4H3. The molecule has 1 unspecified atom stereocenters. The minimum atomic E-state index is -0.0498. The van der Waals surface area contributed by atoms with Gasteiger partial charge in [-0.05, 0) is 88.3 Å². The van der Waals surface area contributed by atoms with Crippen molar-refractivity contribution in [2.45, 2.75) is 45.1 Å². The summed E-state index contributed by atoms with van der Waals surface area (Å²) in [5, 5.41) is 4.83. The quantitative estimate of drug-likeness (QED) is 0.181. The molecule has 0 radical (unpaired) electrons. The number of furan rings is 1. The molecular weight excluding hydrogens is 633 g/mol. The molecule has 52 heavy (non-hydrogen) atoms. The Morgan fingerprint density at radius 2 is 1.19 bits per heavy atom. The van der Waals surface area contributed by atoms with Crippen molar-refractivity contribution in [3.63, 3.8) is 0 Å². The van der Waals surface area contributed by atoms with Crippen LogP contribution in [0.4, 0.5) is 11.4 Å². The second kappa shape index (κ2) is 11.5. The van der Waals surface area contributed by atoms with Gasteiger partial charge in [0.15, 0.2) is 0 Å². The maximum absolute atomic E-state index is 6.38. The second-order valence-electron chi connectivity index (χ2n) is 15.2. The van der Waals surface area contributed by atoms with Gasteiger partial charge in [-0.15, -0.1) is 0 Å². The van der Waals surface area contributed by atoms with Crippen LogP contribution in [0.1, 0.15) is 56.3 Å². The molecule has 2 aromatic heterocycles. The lowest BCUT2D eigenvalue weighted by atomic mass is 9.77. The van der Waals surface area contributed by atoms with E-state index in [1.165, 1.54) is 55.5 Å². The van der Waals surface area contributed by atoms with E-state index in [4.69, 9.17) is 4.42 Å². The lowest BCUT2D eigenvalue weighted by molar-refractivity contribution is 0.449. The summed E-state index contributed by atoms with van der Waals surface area (Å²) in [4.78, 5) is 2.53. The lowest BCUT2D eigenvalue weighted by Gasteiger charge is -2.35. The smallest absolute Gasteiger partial charge is 0.137 e. The largest absolute Gasteiger partial charge is 0.456 e. The average molecular weight is 673 g/mol. The Bertz CT molecular complexity index is 2780. The van der Waals surface area contributed by atoms with Crippen LogP contribution in [0.25, 0.3) is 60.6 Å². The highest BCUT2D eigenvalue weighted by Crippen LogP contribution is 2.55. The number of aromatic nitrogens is 1. The first-order valence-corrected chi connectivity index (χ1v) is 18.4. The molecule has 3 heterocycles. The predicted octanol–water partition coefficient (Wildman–Crippen LogP) is 13.6. The van der Waals surface area contributed by atoms with Crippen LogP contribution in [0.5, 0.6) is 0 Å². The molecule has 0 amide bonds. The molecule has 0 saturated heterocycles. The van der Waals surface area contributed by atoms with E-state index in [1.54, 1.807) is 0 Å². The van der Waals surface area contributed by atoms with Crippen molar-refractivity contribution in [3.8, 4) is 16.8 Å². The van der Waals surface area contributed by atoms with Crippen LogP contribution in [0.2, 0.25) is 0 Å². The molecule has 9 aromatic rings. The van der Waals surface area contributed by atoms with Crippen LogP contribution >= 0.6 is 0 Å². The van der Waals surface area contributed by atoms with Crippen LogP contribution in [0.3, 0.4) is 0 Å². The Morgan fingerprint density at radius 1 is 0.538 bits per heavy atom. The van der Waals surface area contributed by atoms with Crippen LogP contribution in [-0.2, 0) is 5.41 Å². The molecule has 3 heteroatoms. The van der Waals surface area contributed by atoms with Gasteiger partial charge >= 0.3 is 0 Å². The van der Waals surface area contributed by atoms with Gasteiger partial charge in [-0.25, -0.2) is 0 Å². The molecule has 0 fully saturated rings. The highest BCUT2D eigenvalue weighted by Gasteiger charge is 2.45. The van der Waals surface area contributed by atoms with E-state index in [0.29, 0.717) is 5.92 Å². The number of anilines is 2. The fraction of sp³-hybridized carbons (Fsp3) is 0.143. The van der Waals surface area contributed by atoms with E-state index in [1.807, 2.05) is 6.07 Å². The SMILES string of the molecule is CC(C)c1ccc2c(c1)c1cc3c(cc1n2-c1ccc(-c2ccc(N4c5ccccc5C(C)(C)C4c4ccccc4)cc2)cc1)oc1ccccc13. The molecule has 1 aliphatic heterocycles. The molecule has 1 atom stereocenters.